The Balaban J connectivity index is 1.67. The molecule has 5 rings (SSSR count). The van der Waals surface area contributed by atoms with Gasteiger partial charge in [-0.1, -0.05) is 30.3 Å². The van der Waals surface area contributed by atoms with Crippen LogP contribution in [0.3, 0.4) is 0 Å². The predicted octanol–water partition coefficient (Wildman–Crippen LogP) is 4.44. The van der Waals surface area contributed by atoms with E-state index in [1.165, 1.54) is 32.0 Å². The van der Waals surface area contributed by atoms with E-state index in [-0.39, 0.29) is 0 Å². The van der Waals surface area contributed by atoms with Gasteiger partial charge < -0.3 is 5.32 Å². The van der Waals surface area contributed by atoms with Crippen LogP contribution in [-0.4, -0.2) is 36.1 Å². The normalized spacial score (nSPS) is 16.9. The van der Waals surface area contributed by atoms with Gasteiger partial charge in [0, 0.05) is 48.7 Å². The minimum absolute atomic E-state index is 0.297. The van der Waals surface area contributed by atoms with Crippen LogP contribution < -0.4 is 5.32 Å². The number of hydrogen-bond acceptors (Lipinski definition) is 4. The Kier molecular flexibility index (Phi) is 4.17. The van der Waals surface area contributed by atoms with Gasteiger partial charge in [-0.3, -0.25) is 9.88 Å². The number of thiophene rings is 1. The lowest BCUT2D eigenvalue weighted by Crippen LogP contribution is -2.45. The van der Waals surface area contributed by atoms with Crippen molar-refractivity contribution >= 4 is 32.2 Å². The number of hydrogen-bond donors (Lipinski definition) is 1. The average Bonchev–Trinajstić information content (AvgIpc) is 3.13. The lowest BCUT2D eigenvalue weighted by molar-refractivity contribution is 0.199. The standard InChI is InChI=1S/C22H21N3S/c1-2-4-21-19(3-1)20(15-26-21)22(25-11-9-23-10-12-25)17-5-6-18-14-24-8-7-16(18)13-17/h1-8,13-15,22-23H,9-12H2. The molecule has 3 heterocycles. The van der Waals surface area contributed by atoms with Crippen LogP contribution in [0.4, 0.5) is 0 Å². The third kappa shape index (κ3) is 2.80. The van der Waals surface area contributed by atoms with E-state index in [0.717, 1.165) is 26.2 Å². The first-order valence-electron chi connectivity index (χ1n) is 9.15. The number of piperazine rings is 1. The second kappa shape index (κ2) is 6.80. The molecule has 1 N–H and O–H groups in total. The highest BCUT2D eigenvalue weighted by molar-refractivity contribution is 7.17. The fraction of sp³-hybridized carbons (Fsp3) is 0.227. The van der Waals surface area contributed by atoms with E-state index >= 15 is 0 Å². The monoisotopic (exact) mass is 359 g/mol. The molecule has 26 heavy (non-hydrogen) atoms. The maximum atomic E-state index is 4.25. The van der Waals surface area contributed by atoms with Gasteiger partial charge in [0.05, 0.1) is 6.04 Å². The number of rotatable bonds is 3. The van der Waals surface area contributed by atoms with Crippen LogP contribution in [0.1, 0.15) is 17.2 Å². The molecule has 1 fully saturated rings. The Labute approximate surface area is 157 Å². The smallest absolute Gasteiger partial charge is 0.0617 e. The van der Waals surface area contributed by atoms with Crippen LogP contribution >= 0.6 is 11.3 Å². The van der Waals surface area contributed by atoms with Gasteiger partial charge in [-0.05, 0) is 45.5 Å². The van der Waals surface area contributed by atoms with Crippen molar-refractivity contribution in [3.8, 4) is 0 Å². The molecule has 2 aromatic heterocycles. The summed E-state index contributed by atoms with van der Waals surface area (Å²) < 4.78 is 1.37. The summed E-state index contributed by atoms with van der Waals surface area (Å²) in [6, 6.07) is 18.0. The molecule has 130 valence electrons. The Morgan fingerprint density at radius 3 is 2.81 bits per heavy atom. The van der Waals surface area contributed by atoms with Crippen molar-refractivity contribution < 1.29 is 0 Å². The van der Waals surface area contributed by atoms with Crippen molar-refractivity contribution in [1.82, 2.24) is 15.2 Å². The van der Waals surface area contributed by atoms with Gasteiger partial charge in [0.1, 0.15) is 0 Å². The molecule has 0 saturated carbocycles. The third-order valence-electron chi connectivity index (χ3n) is 5.30. The van der Waals surface area contributed by atoms with E-state index in [1.807, 2.05) is 23.7 Å². The average molecular weight is 359 g/mol. The van der Waals surface area contributed by atoms with Gasteiger partial charge in [0.25, 0.3) is 0 Å². The number of aromatic nitrogens is 1. The molecule has 1 aliphatic rings. The first-order valence-corrected chi connectivity index (χ1v) is 10.0. The van der Waals surface area contributed by atoms with E-state index in [4.69, 9.17) is 0 Å². The van der Waals surface area contributed by atoms with Gasteiger partial charge in [-0.15, -0.1) is 11.3 Å². The number of nitrogens with one attached hydrogen (secondary N) is 1. The molecule has 1 aliphatic heterocycles. The van der Waals surface area contributed by atoms with E-state index in [9.17, 15) is 0 Å². The Hall–Kier alpha value is -2.27. The van der Waals surface area contributed by atoms with E-state index in [2.05, 4.69) is 69.1 Å². The van der Waals surface area contributed by atoms with Gasteiger partial charge in [0.15, 0.2) is 0 Å². The molecule has 3 nitrogen and oxygen atoms in total. The molecular weight excluding hydrogens is 338 g/mol. The molecule has 0 bridgehead atoms. The van der Waals surface area contributed by atoms with Crippen LogP contribution in [0.15, 0.2) is 66.3 Å². The Morgan fingerprint density at radius 2 is 1.88 bits per heavy atom. The van der Waals surface area contributed by atoms with Crippen LogP contribution in [-0.2, 0) is 0 Å². The Bertz CT molecular complexity index is 1050. The van der Waals surface area contributed by atoms with Crippen molar-refractivity contribution in [2.24, 2.45) is 0 Å². The van der Waals surface area contributed by atoms with Crippen molar-refractivity contribution in [3.63, 3.8) is 0 Å². The van der Waals surface area contributed by atoms with Crippen LogP contribution in [0, 0.1) is 0 Å². The lowest BCUT2D eigenvalue weighted by atomic mass is 9.94. The summed E-state index contributed by atoms with van der Waals surface area (Å²) >= 11 is 1.85. The molecule has 0 aliphatic carbocycles. The largest absolute Gasteiger partial charge is 0.314 e. The first kappa shape index (κ1) is 15.9. The fourth-order valence-electron chi connectivity index (χ4n) is 4.01. The summed E-state index contributed by atoms with van der Waals surface area (Å²) in [6.07, 6.45) is 3.82. The predicted molar refractivity (Wildman–Crippen MR) is 110 cm³/mol. The highest BCUT2D eigenvalue weighted by atomic mass is 32.1. The minimum Gasteiger partial charge on any atom is -0.314 e. The summed E-state index contributed by atoms with van der Waals surface area (Å²) in [4.78, 5) is 6.87. The molecule has 1 saturated heterocycles. The van der Waals surface area contributed by atoms with E-state index < -0.39 is 0 Å². The van der Waals surface area contributed by atoms with Crippen molar-refractivity contribution in [1.29, 1.82) is 0 Å². The zero-order valence-corrected chi connectivity index (χ0v) is 15.4. The third-order valence-corrected chi connectivity index (χ3v) is 6.28. The molecule has 0 amide bonds. The quantitative estimate of drug-likeness (QED) is 0.586. The molecule has 2 aromatic carbocycles. The molecule has 4 heteroatoms. The SMILES string of the molecule is c1ccc2c(C(c3ccc4cnccc4c3)N3CCNCC3)csc2c1. The summed E-state index contributed by atoms with van der Waals surface area (Å²) in [5, 5.41) is 9.69. The highest BCUT2D eigenvalue weighted by Crippen LogP contribution is 2.38. The topological polar surface area (TPSA) is 28.2 Å². The van der Waals surface area contributed by atoms with Crippen molar-refractivity contribution in [3.05, 3.63) is 77.4 Å². The van der Waals surface area contributed by atoms with Gasteiger partial charge in [0.2, 0.25) is 0 Å². The zero-order chi connectivity index (χ0) is 17.3. The highest BCUT2D eigenvalue weighted by Gasteiger charge is 2.26. The van der Waals surface area contributed by atoms with Crippen LogP contribution in [0.2, 0.25) is 0 Å². The van der Waals surface area contributed by atoms with Crippen molar-refractivity contribution in [2.75, 3.05) is 26.2 Å². The fourth-order valence-corrected chi connectivity index (χ4v) is 4.99. The number of benzene rings is 2. The molecule has 0 spiro atoms. The van der Waals surface area contributed by atoms with Gasteiger partial charge >= 0.3 is 0 Å². The number of fused-ring (bicyclic) bond motifs is 2. The van der Waals surface area contributed by atoms with Crippen molar-refractivity contribution in [2.45, 2.75) is 6.04 Å². The summed E-state index contributed by atoms with van der Waals surface area (Å²) in [6.45, 7) is 4.25. The van der Waals surface area contributed by atoms with Gasteiger partial charge in [-0.2, -0.15) is 0 Å². The first-order chi connectivity index (χ1) is 12.9. The molecule has 4 aromatic rings. The summed E-state index contributed by atoms with van der Waals surface area (Å²) in [5.41, 5.74) is 2.80. The maximum absolute atomic E-state index is 4.25. The lowest BCUT2D eigenvalue weighted by Gasteiger charge is -2.35. The number of pyridine rings is 1. The minimum atomic E-state index is 0.297. The zero-order valence-electron chi connectivity index (χ0n) is 14.6. The van der Waals surface area contributed by atoms with Crippen LogP contribution in [0.25, 0.3) is 20.9 Å². The second-order valence-electron chi connectivity index (χ2n) is 6.86. The summed E-state index contributed by atoms with van der Waals surface area (Å²) in [7, 11) is 0. The van der Waals surface area contributed by atoms with Crippen LogP contribution in [0.5, 0.6) is 0 Å². The Morgan fingerprint density at radius 1 is 1.00 bits per heavy atom. The maximum Gasteiger partial charge on any atom is 0.0617 e. The van der Waals surface area contributed by atoms with E-state index in [1.54, 1.807) is 0 Å². The molecule has 0 radical (unpaired) electrons. The second-order valence-corrected chi connectivity index (χ2v) is 7.77. The number of nitrogens with zero attached hydrogens (tertiary/aromatic N) is 2. The molecule has 1 atom stereocenters. The summed E-state index contributed by atoms with van der Waals surface area (Å²) in [5.74, 6) is 0. The van der Waals surface area contributed by atoms with Gasteiger partial charge in [-0.25, -0.2) is 0 Å². The molecule has 1 unspecified atom stereocenters. The molecular formula is C22H21N3S. The van der Waals surface area contributed by atoms with E-state index in [0.29, 0.717) is 6.04 Å².